The molecular weight excluding hydrogens is 154 g/mol. The molecule has 0 saturated heterocycles. The minimum absolute atomic E-state index is 0.371. The summed E-state index contributed by atoms with van der Waals surface area (Å²) in [5, 5.41) is 9.17. The Morgan fingerprint density at radius 3 is 2.83 bits per heavy atom. The van der Waals surface area contributed by atoms with Crippen molar-refractivity contribution in [1.29, 1.82) is 0 Å². The van der Waals surface area contributed by atoms with Gasteiger partial charge in [-0.05, 0) is 19.1 Å². The number of oxazole rings is 1. The minimum Gasteiger partial charge on any atom is -0.438 e. The summed E-state index contributed by atoms with van der Waals surface area (Å²) in [5.74, 6) is 0.371. The summed E-state index contributed by atoms with van der Waals surface area (Å²) < 4.78 is 5.27. The molecule has 0 saturated carbocycles. The highest BCUT2D eigenvalue weighted by molar-refractivity contribution is 5.72. The smallest absolute Gasteiger partial charge is 0.224 e. The van der Waals surface area contributed by atoms with Gasteiger partial charge >= 0.3 is 0 Å². The Morgan fingerprint density at radius 2 is 2.17 bits per heavy atom. The Balaban J connectivity index is 2.62. The monoisotopic (exact) mass is 163 g/mol. The second-order valence-corrected chi connectivity index (χ2v) is 2.70. The van der Waals surface area contributed by atoms with E-state index in [1.165, 1.54) is 0 Å². The van der Waals surface area contributed by atoms with E-state index in [1.54, 1.807) is 6.92 Å². The van der Waals surface area contributed by atoms with E-state index in [9.17, 15) is 0 Å². The number of fused-ring (bicyclic) bond motifs is 1. The van der Waals surface area contributed by atoms with Crippen molar-refractivity contribution in [1.82, 2.24) is 4.98 Å². The second kappa shape index (κ2) is 2.60. The van der Waals surface area contributed by atoms with Crippen molar-refractivity contribution in [3.8, 4) is 0 Å². The first-order valence-electron chi connectivity index (χ1n) is 3.81. The van der Waals surface area contributed by atoms with Crippen LogP contribution in [0.3, 0.4) is 0 Å². The maximum atomic E-state index is 9.17. The zero-order chi connectivity index (χ0) is 8.55. The molecule has 0 spiro atoms. The molecule has 1 aromatic carbocycles. The van der Waals surface area contributed by atoms with Crippen molar-refractivity contribution in [3.05, 3.63) is 30.2 Å². The van der Waals surface area contributed by atoms with E-state index in [-0.39, 0.29) is 0 Å². The highest BCUT2D eigenvalue weighted by atomic mass is 16.4. The zero-order valence-corrected chi connectivity index (χ0v) is 6.69. The van der Waals surface area contributed by atoms with Crippen molar-refractivity contribution in [3.63, 3.8) is 0 Å². The summed E-state index contributed by atoms with van der Waals surface area (Å²) >= 11 is 0. The van der Waals surface area contributed by atoms with Crippen LogP contribution in [-0.4, -0.2) is 10.1 Å². The number of aromatic nitrogens is 1. The number of hydrogen-bond donors (Lipinski definition) is 1. The molecule has 1 N–H and O–H groups in total. The van der Waals surface area contributed by atoms with Crippen LogP contribution < -0.4 is 0 Å². The van der Waals surface area contributed by atoms with Gasteiger partial charge < -0.3 is 9.52 Å². The van der Waals surface area contributed by atoms with Crippen molar-refractivity contribution in [2.24, 2.45) is 0 Å². The van der Waals surface area contributed by atoms with Crippen molar-refractivity contribution in [2.75, 3.05) is 0 Å². The molecule has 0 radical (unpaired) electrons. The molecule has 0 aliphatic rings. The average molecular weight is 163 g/mol. The lowest BCUT2D eigenvalue weighted by Crippen LogP contribution is -1.88. The predicted octanol–water partition coefficient (Wildman–Crippen LogP) is 1.88. The van der Waals surface area contributed by atoms with Gasteiger partial charge in [-0.2, -0.15) is 0 Å². The quantitative estimate of drug-likeness (QED) is 0.698. The summed E-state index contributed by atoms with van der Waals surface area (Å²) in [6.45, 7) is 1.63. The third-order valence-corrected chi connectivity index (χ3v) is 1.67. The van der Waals surface area contributed by atoms with Crippen molar-refractivity contribution >= 4 is 11.1 Å². The van der Waals surface area contributed by atoms with Crippen molar-refractivity contribution in [2.45, 2.75) is 13.0 Å². The van der Waals surface area contributed by atoms with Crippen molar-refractivity contribution < 1.29 is 9.52 Å². The first kappa shape index (κ1) is 7.31. The molecule has 0 bridgehead atoms. The molecule has 62 valence electrons. The van der Waals surface area contributed by atoms with Crippen LogP contribution in [0, 0.1) is 0 Å². The molecule has 2 rings (SSSR count). The molecule has 0 unspecified atom stereocenters. The zero-order valence-electron chi connectivity index (χ0n) is 6.69. The number of aliphatic hydroxyl groups excluding tert-OH is 1. The summed E-state index contributed by atoms with van der Waals surface area (Å²) in [7, 11) is 0. The van der Waals surface area contributed by atoms with Crippen LogP contribution >= 0.6 is 0 Å². The molecule has 0 amide bonds. The summed E-state index contributed by atoms with van der Waals surface area (Å²) in [6.07, 6.45) is -0.641. The normalized spacial score (nSPS) is 13.5. The molecule has 1 heterocycles. The number of hydrogen-bond acceptors (Lipinski definition) is 3. The lowest BCUT2D eigenvalue weighted by molar-refractivity contribution is 0.165. The molecule has 3 nitrogen and oxygen atoms in total. The van der Waals surface area contributed by atoms with Gasteiger partial charge in [0.1, 0.15) is 11.6 Å². The van der Waals surface area contributed by atoms with E-state index in [0.29, 0.717) is 11.5 Å². The van der Waals surface area contributed by atoms with E-state index in [4.69, 9.17) is 9.52 Å². The summed E-state index contributed by atoms with van der Waals surface area (Å²) in [6, 6.07) is 7.44. The second-order valence-electron chi connectivity index (χ2n) is 2.70. The fourth-order valence-electron chi connectivity index (χ4n) is 1.07. The molecule has 12 heavy (non-hydrogen) atoms. The minimum atomic E-state index is -0.641. The van der Waals surface area contributed by atoms with Crippen LogP contribution in [0.4, 0.5) is 0 Å². The highest BCUT2D eigenvalue weighted by Gasteiger charge is 2.08. The number of nitrogens with zero attached hydrogens (tertiary/aromatic N) is 1. The Bertz CT molecular complexity index is 359. The van der Waals surface area contributed by atoms with Gasteiger partial charge in [0, 0.05) is 0 Å². The van der Waals surface area contributed by atoms with E-state index in [0.717, 1.165) is 5.52 Å². The molecular formula is C9H9NO2. The molecule has 2 aromatic rings. The molecule has 0 fully saturated rings. The third-order valence-electron chi connectivity index (χ3n) is 1.67. The topological polar surface area (TPSA) is 46.3 Å². The lowest BCUT2D eigenvalue weighted by Gasteiger charge is -1.93. The van der Waals surface area contributed by atoms with E-state index in [2.05, 4.69) is 4.98 Å². The lowest BCUT2D eigenvalue weighted by atomic mass is 10.3. The van der Waals surface area contributed by atoms with E-state index >= 15 is 0 Å². The van der Waals surface area contributed by atoms with Gasteiger partial charge in [-0.15, -0.1) is 0 Å². The Morgan fingerprint density at radius 1 is 1.42 bits per heavy atom. The largest absolute Gasteiger partial charge is 0.438 e. The van der Waals surface area contributed by atoms with E-state index in [1.807, 2.05) is 24.3 Å². The third kappa shape index (κ3) is 1.08. The average Bonchev–Trinajstić information content (AvgIpc) is 2.46. The fraction of sp³-hybridized carbons (Fsp3) is 0.222. The van der Waals surface area contributed by atoms with Gasteiger partial charge in [0.25, 0.3) is 0 Å². The van der Waals surface area contributed by atoms with Crippen LogP contribution in [0.25, 0.3) is 11.1 Å². The molecule has 1 atom stereocenters. The first-order valence-corrected chi connectivity index (χ1v) is 3.81. The molecule has 0 aliphatic heterocycles. The predicted molar refractivity (Wildman–Crippen MR) is 44.6 cm³/mol. The summed E-state index contributed by atoms with van der Waals surface area (Å²) in [5.41, 5.74) is 1.50. The van der Waals surface area contributed by atoms with Crippen LogP contribution in [-0.2, 0) is 0 Å². The van der Waals surface area contributed by atoms with E-state index < -0.39 is 6.10 Å². The first-order chi connectivity index (χ1) is 5.77. The summed E-state index contributed by atoms with van der Waals surface area (Å²) in [4.78, 5) is 4.10. The SMILES string of the molecule is C[C@H](O)c1nc2ccccc2o1. The highest BCUT2D eigenvalue weighted by Crippen LogP contribution is 2.18. The van der Waals surface area contributed by atoms with Gasteiger partial charge in [-0.25, -0.2) is 4.98 Å². The van der Waals surface area contributed by atoms with Gasteiger partial charge in [-0.1, -0.05) is 12.1 Å². The van der Waals surface area contributed by atoms with Gasteiger partial charge in [-0.3, -0.25) is 0 Å². The van der Waals surface area contributed by atoms with Crippen LogP contribution in [0.2, 0.25) is 0 Å². The number of benzene rings is 1. The van der Waals surface area contributed by atoms with Gasteiger partial charge in [0.2, 0.25) is 5.89 Å². The number of rotatable bonds is 1. The van der Waals surface area contributed by atoms with Crippen LogP contribution in [0.5, 0.6) is 0 Å². The Kier molecular flexibility index (Phi) is 1.59. The Labute approximate surface area is 69.7 Å². The number of aliphatic hydroxyl groups is 1. The number of para-hydroxylation sites is 2. The fourth-order valence-corrected chi connectivity index (χ4v) is 1.07. The standard InChI is InChI=1S/C9H9NO2/c1-6(11)9-10-7-4-2-3-5-8(7)12-9/h2-6,11H,1H3/t6-/m0/s1. The van der Waals surface area contributed by atoms with Crippen LogP contribution in [0.15, 0.2) is 28.7 Å². The molecule has 0 aliphatic carbocycles. The maximum Gasteiger partial charge on any atom is 0.224 e. The van der Waals surface area contributed by atoms with Crippen LogP contribution in [0.1, 0.15) is 18.9 Å². The van der Waals surface area contributed by atoms with Gasteiger partial charge in [0.05, 0.1) is 0 Å². The molecule has 1 aromatic heterocycles. The van der Waals surface area contributed by atoms with Gasteiger partial charge in [0.15, 0.2) is 5.58 Å². The Hall–Kier alpha value is -1.35. The molecule has 3 heteroatoms. The maximum absolute atomic E-state index is 9.17.